The molecule has 0 aromatic rings. The highest BCUT2D eigenvalue weighted by Gasteiger charge is 2.23. The van der Waals surface area contributed by atoms with Gasteiger partial charge in [-0.1, -0.05) is 0 Å². The first-order chi connectivity index (χ1) is 8.77. The predicted molar refractivity (Wildman–Crippen MR) is 75.0 cm³/mol. The number of carbonyl (C=O) groups excluding carboxylic acids is 1. The lowest BCUT2D eigenvalue weighted by atomic mass is 10.1. The highest BCUT2D eigenvalue weighted by Crippen LogP contribution is 2.21. The zero-order valence-corrected chi connectivity index (χ0v) is 12.0. The van der Waals surface area contributed by atoms with E-state index in [-0.39, 0.29) is 5.91 Å². The molecular formula is C13H24N2O2S. The summed E-state index contributed by atoms with van der Waals surface area (Å²) in [6.45, 7) is 2.66. The second kappa shape index (κ2) is 7.36. The normalized spacial score (nSPS) is 25.3. The van der Waals surface area contributed by atoms with Crippen LogP contribution in [0.5, 0.6) is 0 Å². The van der Waals surface area contributed by atoms with Crippen LogP contribution in [0.1, 0.15) is 25.7 Å². The van der Waals surface area contributed by atoms with Gasteiger partial charge in [0.1, 0.15) is 0 Å². The summed E-state index contributed by atoms with van der Waals surface area (Å²) in [5.74, 6) is 2.52. The highest BCUT2D eigenvalue weighted by molar-refractivity contribution is 7.99. The zero-order valence-electron chi connectivity index (χ0n) is 11.2. The average molecular weight is 272 g/mol. The van der Waals surface area contributed by atoms with Crippen molar-refractivity contribution in [3.05, 3.63) is 0 Å². The first-order valence-corrected chi connectivity index (χ1v) is 8.08. The van der Waals surface area contributed by atoms with E-state index in [9.17, 15) is 4.79 Å². The van der Waals surface area contributed by atoms with Gasteiger partial charge in [-0.05, 0) is 38.1 Å². The molecule has 1 amide bonds. The van der Waals surface area contributed by atoms with Crippen LogP contribution in [0.3, 0.4) is 0 Å². The summed E-state index contributed by atoms with van der Waals surface area (Å²) in [5, 5.41) is 3.31. The van der Waals surface area contributed by atoms with Crippen molar-refractivity contribution in [1.29, 1.82) is 0 Å². The van der Waals surface area contributed by atoms with Gasteiger partial charge in [-0.3, -0.25) is 4.79 Å². The summed E-state index contributed by atoms with van der Waals surface area (Å²) in [6, 6.07) is 0.446. The molecule has 2 aliphatic rings. The minimum Gasteiger partial charge on any atom is -0.378 e. The summed E-state index contributed by atoms with van der Waals surface area (Å²) >= 11 is 1.94. The third-order valence-electron chi connectivity index (χ3n) is 3.80. The number of carbonyl (C=O) groups is 1. The van der Waals surface area contributed by atoms with Crippen LogP contribution < -0.4 is 5.32 Å². The van der Waals surface area contributed by atoms with E-state index >= 15 is 0 Å². The van der Waals surface area contributed by atoms with E-state index in [1.54, 1.807) is 0 Å². The second-order valence-electron chi connectivity index (χ2n) is 5.09. The van der Waals surface area contributed by atoms with Crippen LogP contribution in [0.2, 0.25) is 0 Å². The van der Waals surface area contributed by atoms with Gasteiger partial charge in [0.15, 0.2) is 0 Å². The van der Waals surface area contributed by atoms with Crippen LogP contribution in [0.4, 0.5) is 0 Å². The van der Waals surface area contributed by atoms with Gasteiger partial charge in [0.2, 0.25) is 5.91 Å². The molecule has 1 N–H and O–H groups in total. The lowest BCUT2D eigenvalue weighted by Crippen LogP contribution is -2.38. The summed E-state index contributed by atoms with van der Waals surface area (Å²) in [5.41, 5.74) is 0. The van der Waals surface area contributed by atoms with Crippen LogP contribution in [-0.4, -0.2) is 61.2 Å². The molecule has 1 unspecified atom stereocenters. The molecule has 104 valence electrons. The summed E-state index contributed by atoms with van der Waals surface area (Å²) in [7, 11) is 1.93. The maximum absolute atomic E-state index is 12.0. The molecule has 4 nitrogen and oxygen atoms in total. The maximum atomic E-state index is 12.0. The van der Waals surface area contributed by atoms with Crippen molar-refractivity contribution < 1.29 is 9.53 Å². The van der Waals surface area contributed by atoms with Crippen molar-refractivity contribution in [1.82, 2.24) is 10.2 Å². The van der Waals surface area contributed by atoms with Gasteiger partial charge in [-0.2, -0.15) is 11.8 Å². The summed E-state index contributed by atoms with van der Waals surface area (Å²) < 4.78 is 5.77. The molecule has 18 heavy (non-hydrogen) atoms. The molecular weight excluding hydrogens is 248 g/mol. The number of hydrogen-bond acceptors (Lipinski definition) is 4. The summed E-state index contributed by atoms with van der Waals surface area (Å²) in [6.07, 6.45) is 4.17. The number of hydrogen-bond donors (Lipinski definition) is 1. The van der Waals surface area contributed by atoms with Gasteiger partial charge in [0.25, 0.3) is 0 Å². The molecule has 0 bridgehead atoms. The smallest absolute Gasteiger partial charge is 0.224 e. The van der Waals surface area contributed by atoms with Crippen molar-refractivity contribution in [3.63, 3.8) is 0 Å². The fraction of sp³-hybridized carbons (Fsp3) is 0.923. The molecule has 0 radical (unpaired) electrons. The molecule has 0 aromatic carbocycles. The maximum Gasteiger partial charge on any atom is 0.224 e. The number of amides is 1. The van der Waals surface area contributed by atoms with Crippen molar-refractivity contribution in [2.45, 2.75) is 37.8 Å². The van der Waals surface area contributed by atoms with Gasteiger partial charge >= 0.3 is 0 Å². The van der Waals surface area contributed by atoms with Crippen molar-refractivity contribution in [3.8, 4) is 0 Å². The molecule has 2 fully saturated rings. The van der Waals surface area contributed by atoms with Crippen LogP contribution in [-0.2, 0) is 9.53 Å². The second-order valence-corrected chi connectivity index (χ2v) is 6.24. The third kappa shape index (κ3) is 4.14. The molecule has 1 atom stereocenters. The first kappa shape index (κ1) is 14.2. The molecule has 0 aliphatic carbocycles. The van der Waals surface area contributed by atoms with Gasteiger partial charge in [0, 0.05) is 18.8 Å². The minimum atomic E-state index is 0.233. The lowest BCUT2D eigenvalue weighted by Gasteiger charge is -2.25. The topological polar surface area (TPSA) is 41.6 Å². The van der Waals surface area contributed by atoms with E-state index < -0.39 is 0 Å². The molecule has 2 heterocycles. The molecule has 2 rings (SSSR count). The molecule has 0 aromatic heterocycles. The largest absolute Gasteiger partial charge is 0.378 e. The van der Waals surface area contributed by atoms with Gasteiger partial charge in [-0.15, -0.1) is 0 Å². The fourth-order valence-electron chi connectivity index (χ4n) is 2.48. The Morgan fingerprint density at radius 3 is 2.83 bits per heavy atom. The van der Waals surface area contributed by atoms with Crippen molar-refractivity contribution in [2.24, 2.45) is 0 Å². The quantitative estimate of drug-likeness (QED) is 0.814. The standard InChI is InChI=1S/C13H24N2O2S/c1-15(11-5-9-18-10-11)13(16)4-8-17-12-2-6-14-7-3-12/h11-12,14H,2-10H2,1H3. The monoisotopic (exact) mass is 272 g/mol. The molecule has 0 saturated carbocycles. The van der Waals surface area contributed by atoms with E-state index in [0.717, 1.165) is 38.1 Å². The lowest BCUT2D eigenvalue weighted by molar-refractivity contribution is -0.133. The molecule has 2 aliphatic heterocycles. The molecule has 2 saturated heterocycles. The predicted octanol–water partition coefficient (Wildman–Crippen LogP) is 1.11. The average Bonchev–Trinajstić information content (AvgIpc) is 2.93. The zero-order chi connectivity index (χ0) is 12.8. The Labute approximate surface area is 114 Å². The van der Waals surface area contributed by atoms with Crippen LogP contribution in [0, 0.1) is 0 Å². The summed E-state index contributed by atoms with van der Waals surface area (Å²) in [4.78, 5) is 13.9. The van der Waals surface area contributed by atoms with E-state index in [0.29, 0.717) is 25.2 Å². The number of nitrogens with zero attached hydrogens (tertiary/aromatic N) is 1. The van der Waals surface area contributed by atoms with Crippen molar-refractivity contribution in [2.75, 3.05) is 38.2 Å². The Hall–Kier alpha value is -0.260. The number of thioether (sulfide) groups is 1. The van der Waals surface area contributed by atoms with E-state index in [1.807, 2.05) is 23.7 Å². The molecule has 5 heteroatoms. The van der Waals surface area contributed by atoms with Crippen LogP contribution in [0.15, 0.2) is 0 Å². The minimum absolute atomic E-state index is 0.233. The third-order valence-corrected chi connectivity index (χ3v) is 4.95. The fourth-order valence-corrected chi connectivity index (χ4v) is 3.75. The van der Waals surface area contributed by atoms with Crippen LogP contribution >= 0.6 is 11.8 Å². The Kier molecular flexibility index (Phi) is 5.79. The van der Waals surface area contributed by atoms with Gasteiger partial charge in [0.05, 0.1) is 19.1 Å². The first-order valence-electron chi connectivity index (χ1n) is 6.93. The van der Waals surface area contributed by atoms with Gasteiger partial charge < -0.3 is 15.0 Å². The number of ether oxygens (including phenoxy) is 1. The SMILES string of the molecule is CN(C(=O)CCOC1CCNCC1)C1CCSC1. The Bertz CT molecular complexity index is 264. The van der Waals surface area contributed by atoms with Gasteiger partial charge in [-0.25, -0.2) is 0 Å². The van der Waals surface area contributed by atoms with E-state index in [1.165, 1.54) is 5.75 Å². The number of rotatable bonds is 5. The Balaban J connectivity index is 1.61. The van der Waals surface area contributed by atoms with Crippen molar-refractivity contribution >= 4 is 17.7 Å². The van der Waals surface area contributed by atoms with E-state index in [2.05, 4.69) is 5.32 Å². The number of piperidine rings is 1. The van der Waals surface area contributed by atoms with E-state index in [4.69, 9.17) is 4.74 Å². The Morgan fingerprint density at radius 1 is 1.39 bits per heavy atom. The number of nitrogens with one attached hydrogen (secondary N) is 1. The molecule has 0 spiro atoms. The highest BCUT2D eigenvalue weighted by atomic mass is 32.2. The van der Waals surface area contributed by atoms with Crippen LogP contribution in [0.25, 0.3) is 0 Å². The Morgan fingerprint density at radius 2 is 2.17 bits per heavy atom.